The number of nitrogens with two attached hydrogens (primary N) is 1. The average Bonchev–Trinajstić information content (AvgIpc) is 2.15. The van der Waals surface area contributed by atoms with E-state index in [0.29, 0.717) is 22.9 Å². The molecular formula is C11H15Cl2NO2S. The second kappa shape index (κ2) is 6.05. The summed E-state index contributed by atoms with van der Waals surface area (Å²) < 4.78 is 22.0. The summed E-state index contributed by atoms with van der Waals surface area (Å²) in [5, 5.41) is 1.08. The Morgan fingerprint density at radius 1 is 1.35 bits per heavy atom. The van der Waals surface area contributed by atoms with E-state index >= 15 is 0 Å². The minimum atomic E-state index is -2.93. The molecule has 1 unspecified atom stereocenters. The molecule has 0 aromatic heterocycles. The number of benzene rings is 1. The molecule has 0 aliphatic heterocycles. The second-order valence-corrected chi connectivity index (χ2v) is 7.15. The molecule has 0 radical (unpaired) electrons. The molecular weight excluding hydrogens is 281 g/mol. The maximum Gasteiger partial charge on any atom is 0.147 e. The van der Waals surface area contributed by atoms with E-state index in [1.54, 1.807) is 18.2 Å². The van der Waals surface area contributed by atoms with Crippen LogP contribution in [0.25, 0.3) is 0 Å². The van der Waals surface area contributed by atoms with E-state index < -0.39 is 9.84 Å². The van der Waals surface area contributed by atoms with Crippen molar-refractivity contribution >= 4 is 33.0 Å². The monoisotopic (exact) mass is 295 g/mol. The van der Waals surface area contributed by atoms with Crippen LogP contribution in [0.3, 0.4) is 0 Å². The summed E-state index contributed by atoms with van der Waals surface area (Å²) in [7, 11) is -2.93. The highest BCUT2D eigenvalue weighted by molar-refractivity contribution is 7.90. The van der Waals surface area contributed by atoms with Gasteiger partial charge in [-0.2, -0.15) is 0 Å². The van der Waals surface area contributed by atoms with Crippen molar-refractivity contribution in [3.63, 3.8) is 0 Å². The summed E-state index contributed by atoms with van der Waals surface area (Å²) in [6.07, 6.45) is 2.32. The molecule has 0 fully saturated rings. The fourth-order valence-electron chi connectivity index (χ4n) is 1.52. The molecule has 2 N–H and O–H groups in total. The smallest absolute Gasteiger partial charge is 0.147 e. The van der Waals surface area contributed by atoms with Gasteiger partial charge in [-0.25, -0.2) is 8.42 Å². The topological polar surface area (TPSA) is 60.2 Å². The number of rotatable bonds is 5. The van der Waals surface area contributed by atoms with Crippen molar-refractivity contribution in [2.75, 3.05) is 12.0 Å². The lowest BCUT2D eigenvalue weighted by Gasteiger charge is -2.13. The average molecular weight is 296 g/mol. The molecule has 0 aliphatic rings. The van der Waals surface area contributed by atoms with Gasteiger partial charge in [0.25, 0.3) is 0 Å². The lowest BCUT2D eigenvalue weighted by atomic mass is 10.0. The predicted octanol–water partition coefficient (Wildman–Crippen LogP) is 2.82. The first kappa shape index (κ1) is 14.8. The van der Waals surface area contributed by atoms with E-state index in [1.807, 2.05) is 0 Å². The van der Waals surface area contributed by atoms with Gasteiger partial charge in [0.2, 0.25) is 0 Å². The zero-order valence-corrected chi connectivity index (χ0v) is 11.8. The van der Waals surface area contributed by atoms with Gasteiger partial charge in [0.1, 0.15) is 9.84 Å². The Bertz CT molecular complexity index is 488. The van der Waals surface area contributed by atoms with Crippen LogP contribution >= 0.6 is 23.2 Å². The standard InChI is InChI=1S/C11H15Cl2NO2S/c1-17(15,16)6-2-3-11(14)9-5-4-8(12)7-10(9)13/h4-5,7,11H,2-3,6,14H2,1H3. The Balaban J connectivity index is 2.61. The third kappa shape index (κ3) is 5.25. The quantitative estimate of drug-likeness (QED) is 0.909. The van der Waals surface area contributed by atoms with Gasteiger partial charge in [-0.15, -0.1) is 0 Å². The predicted molar refractivity (Wildman–Crippen MR) is 72.3 cm³/mol. The normalized spacial score (nSPS) is 13.6. The van der Waals surface area contributed by atoms with Crippen molar-refractivity contribution in [3.05, 3.63) is 33.8 Å². The highest BCUT2D eigenvalue weighted by Crippen LogP contribution is 2.27. The Labute approximate surface area is 112 Å². The van der Waals surface area contributed by atoms with E-state index in [0.717, 1.165) is 5.56 Å². The van der Waals surface area contributed by atoms with Gasteiger partial charge in [-0.05, 0) is 30.5 Å². The summed E-state index contributed by atoms with van der Waals surface area (Å²) in [4.78, 5) is 0. The van der Waals surface area contributed by atoms with Gasteiger partial charge in [-0.3, -0.25) is 0 Å². The van der Waals surface area contributed by atoms with Crippen molar-refractivity contribution in [1.82, 2.24) is 0 Å². The van der Waals surface area contributed by atoms with Crippen LogP contribution in [-0.2, 0) is 9.84 Å². The Morgan fingerprint density at radius 2 is 2.00 bits per heavy atom. The summed E-state index contributed by atoms with van der Waals surface area (Å²) in [6.45, 7) is 0. The van der Waals surface area contributed by atoms with Crippen LogP contribution in [-0.4, -0.2) is 20.4 Å². The van der Waals surface area contributed by atoms with Gasteiger partial charge >= 0.3 is 0 Å². The summed E-state index contributed by atoms with van der Waals surface area (Å²) in [5.41, 5.74) is 6.75. The Morgan fingerprint density at radius 3 is 2.53 bits per heavy atom. The molecule has 0 amide bonds. The highest BCUT2D eigenvalue weighted by Gasteiger charge is 2.11. The van der Waals surface area contributed by atoms with E-state index in [1.165, 1.54) is 6.26 Å². The zero-order chi connectivity index (χ0) is 13.1. The maximum atomic E-state index is 11.0. The number of hydrogen-bond acceptors (Lipinski definition) is 3. The largest absolute Gasteiger partial charge is 0.324 e. The van der Waals surface area contributed by atoms with Crippen LogP contribution in [0.2, 0.25) is 10.0 Å². The number of halogens is 2. The molecule has 3 nitrogen and oxygen atoms in total. The minimum Gasteiger partial charge on any atom is -0.324 e. The molecule has 0 spiro atoms. The first-order chi connectivity index (χ1) is 7.79. The summed E-state index contributed by atoms with van der Waals surface area (Å²) >= 11 is 11.8. The SMILES string of the molecule is CS(=O)(=O)CCCC(N)c1ccc(Cl)cc1Cl. The molecule has 1 atom stereocenters. The minimum absolute atomic E-state index is 0.145. The molecule has 0 aliphatic carbocycles. The van der Waals surface area contributed by atoms with Gasteiger partial charge in [-0.1, -0.05) is 29.3 Å². The van der Waals surface area contributed by atoms with Gasteiger partial charge in [0.15, 0.2) is 0 Å². The van der Waals surface area contributed by atoms with Gasteiger partial charge in [0, 0.05) is 28.1 Å². The third-order valence-electron chi connectivity index (χ3n) is 2.39. The zero-order valence-electron chi connectivity index (χ0n) is 9.49. The van der Waals surface area contributed by atoms with Crippen molar-refractivity contribution in [3.8, 4) is 0 Å². The summed E-state index contributed by atoms with van der Waals surface area (Å²) in [5.74, 6) is 0.145. The maximum absolute atomic E-state index is 11.0. The molecule has 0 bridgehead atoms. The fraction of sp³-hybridized carbons (Fsp3) is 0.455. The fourth-order valence-corrected chi connectivity index (χ4v) is 2.76. The van der Waals surface area contributed by atoms with Gasteiger partial charge in [0.05, 0.1) is 0 Å². The Hall–Kier alpha value is -0.290. The van der Waals surface area contributed by atoms with Crippen LogP contribution in [0.4, 0.5) is 0 Å². The molecule has 0 heterocycles. The van der Waals surface area contributed by atoms with Crippen LogP contribution in [0.15, 0.2) is 18.2 Å². The van der Waals surface area contributed by atoms with Crippen LogP contribution < -0.4 is 5.73 Å². The molecule has 96 valence electrons. The van der Waals surface area contributed by atoms with E-state index in [2.05, 4.69) is 0 Å². The van der Waals surface area contributed by atoms with Crippen molar-refractivity contribution < 1.29 is 8.42 Å². The number of hydrogen-bond donors (Lipinski definition) is 1. The van der Waals surface area contributed by atoms with E-state index in [-0.39, 0.29) is 11.8 Å². The van der Waals surface area contributed by atoms with E-state index in [9.17, 15) is 8.42 Å². The van der Waals surface area contributed by atoms with Crippen LogP contribution in [0, 0.1) is 0 Å². The number of sulfone groups is 1. The van der Waals surface area contributed by atoms with Crippen LogP contribution in [0.5, 0.6) is 0 Å². The highest BCUT2D eigenvalue weighted by atomic mass is 35.5. The molecule has 1 aromatic rings. The van der Waals surface area contributed by atoms with Crippen molar-refractivity contribution in [1.29, 1.82) is 0 Å². The van der Waals surface area contributed by atoms with Crippen LogP contribution in [0.1, 0.15) is 24.4 Å². The molecule has 6 heteroatoms. The first-order valence-corrected chi connectivity index (χ1v) is 7.99. The molecule has 0 saturated heterocycles. The Kier molecular flexibility index (Phi) is 5.25. The van der Waals surface area contributed by atoms with E-state index in [4.69, 9.17) is 28.9 Å². The summed E-state index contributed by atoms with van der Waals surface area (Å²) in [6, 6.07) is 4.87. The molecule has 1 rings (SSSR count). The third-order valence-corrected chi connectivity index (χ3v) is 3.98. The van der Waals surface area contributed by atoms with Gasteiger partial charge < -0.3 is 5.73 Å². The molecule has 1 aromatic carbocycles. The molecule has 17 heavy (non-hydrogen) atoms. The lowest BCUT2D eigenvalue weighted by Crippen LogP contribution is -2.13. The second-order valence-electron chi connectivity index (χ2n) is 4.04. The lowest BCUT2D eigenvalue weighted by molar-refractivity contribution is 0.588. The molecule has 0 saturated carbocycles. The van der Waals surface area contributed by atoms with Crippen molar-refractivity contribution in [2.45, 2.75) is 18.9 Å². The van der Waals surface area contributed by atoms with Crippen molar-refractivity contribution in [2.24, 2.45) is 5.73 Å². The first-order valence-electron chi connectivity index (χ1n) is 5.18.